The lowest BCUT2D eigenvalue weighted by Crippen LogP contribution is -2.18. The number of aryl methyl sites for hydroxylation is 1. The number of hydrogen-bond acceptors (Lipinski definition) is 6. The molecule has 7 nitrogen and oxygen atoms in total. The normalized spacial score (nSPS) is 11.4. The van der Waals surface area contributed by atoms with Crippen LogP contribution in [0.15, 0.2) is 102 Å². The molecule has 0 aliphatic rings. The minimum atomic E-state index is -0.586. The van der Waals surface area contributed by atoms with Crippen LogP contribution in [0.2, 0.25) is 0 Å². The Hall–Kier alpha value is -5.13. The van der Waals surface area contributed by atoms with Gasteiger partial charge in [0.15, 0.2) is 0 Å². The molecular formula is C44H49N3O4S. The van der Waals surface area contributed by atoms with Crippen LogP contribution in [0.1, 0.15) is 80.5 Å². The highest BCUT2D eigenvalue weighted by molar-refractivity contribution is 7.99. The average molecular weight is 716 g/mol. The summed E-state index contributed by atoms with van der Waals surface area (Å²) in [4.78, 5) is 30.0. The second-order valence-electron chi connectivity index (χ2n) is 12.9. The number of nitro groups is 1. The van der Waals surface area contributed by atoms with Gasteiger partial charge in [-0.3, -0.25) is 14.9 Å². The van der Waals surface area contributed by atoms with Crippen LogP contribution in [0.4, 0.5) is 11.4 Å². The summed E-state index contributed by atoms with van der Waals surface area (Å²) in [7, 11) is 2.16. The van der Waals surface area contributed by atoms with Crippen molar-refractivity contribution in [1.29, 1.82) is 0 Å². The molecule has 0 aliphatic carbocycles. The number of carbonyl (C=O) groups excluding carboxylic acids is 1. The zero-order valence-corrected chi connectivity index (χ0v) is 31.4. The van der Waals surface area contributed by atoms with Gasteiger partial charge < -0.3 is 9.64 Å². The molecule has 0 heterocycles. The van der Waals surface area contributed by atoms with Gasteiger partial charge in [0.05, 0.1) is 18.1 Å². The van der Waals surface area contributed by atoms with E-state index in [9.17, 15) is 14.9 Å². The van der Waals surface area contributed by atoms with E-state index in [1.807, 2.05) is 36.4 Å². The van der Waals surface area contributed by atoms with E-state index in [-0.39, 0.29) is 11.4 Å². The largest absolute Gasteiger partial charge is 0.471 e. The lowest BCUT2D eigenvalue weighted by Gasteiger charge is -2.20. The topological polar surface area (TPSA) is 77.0 Å². The molecule has 0 aromatic heterocycles. The van der Waals surface area contributed by atoms with Gasteiger partial charge in [-0.05, 0) is 108 Å². The van der Waals surface area contributed by atoms with Gasteiger partial charge in [-0.25, -0.2) is 4.85 Å². The summed E-state index contributed by atoms with van der Waals surface area (Å²) < 4.78 is 5.41. The smallest absolute Gasteiger partial charge is 0.336 e. The molecule has 0 spiro atoms. The van der Waals surface area contributed by atoms with E-state index in [2.05, 4.69) is 73.1 Å². The van der Waals surface area contributed by atoms with Gasteiger partial charge in [-0.15, -0.1) is 11.8 Å². The number of rotatable bonds is 20. The molecule has 0 saturated carbocycles. The Kier molecular flexibility index (Phi) is 16.2. The first-order chi connectivity index (χ1) is 25.3. The van der Waals surface area contributed by atoms with Crippen molar-refractivity contribution >= 4 is 47.3 Å². The van der Waals surface area contributed by atoms with Crippen molar-refractivity contribution in [1.82, 2.24) is 0 Å². The van der Waals surface area contributed by atoms with Crippen molar-refractivity contribution in [3.63, 3.8) is 0 Å². The molecule has 4 aromatic rings. The molecule has 0 fully saturated rings. The van der Waals surface area contributed by atoms with Crippen LogP contribution >= 0.6 is 11.8 Å². The van der Waals surface area contributed by atoms with Gasteiger partial charge in [0.2, 0.25) is 0 Å². The van der Waals surface area contributed by atoms with Crippen molar-refractivity contribution < 1.29 is 14.5 Å². The molecular weight excluding hydrogens is 667 g/mol. The van der Waals surface area contributed by atoms with Gasteiger partial charge in [0.1, 0.15) is 0 Å². The van der Waals surface area contributed by atoms with Crippen molar-refractivity contribution in [2.45, 2.75) is 70.1 Å². The second-order valence-corrected chi connectivity index (χ2v) is 14.1. The first-order valence-electron chi connectivity index (χ1n) is 18.1. The Bertz CT molecular complexity index is 1840. The van der Waals surface area contributed by atoms with E-state index in [4.69, 9.17) is 11.3 Å². The molecule has 52 heavy (non-hydrogen) atoms. The van der Waals surface area contributed by atoms with Crippen molar-refractivity contribution in [2.75, 3.05) is 30.9 Å². The molecule has 0 unspecified atom stereocenters. The quantitative estimate of drug-likeness (QED) is 0.0132. The molecule has 0 amide bonds. The zero-order valence-electron chi connectivity index (χ0n) is 30.6. The van der Waals surface area contributed by atoms with Crippen LogP contribution in [0, 0.1) is 23.6 Å². The summed E-state index contributed by atoms with van der Waals surface area (Å²) in [5, 5.41) is 10.9. The predicted molar refractivity (Wildman–Crippen MR) is 217 cm³/mol. The number of anilines is 1. The monoisotopic (exact) mass is 715 g/mol. The molecule has 0 saturated heterocycles. The van der Waals surface area contributed by atoms with Gasteiger partial charge in [-0.2, -0.15) is 0 Å². The molecule has 0 bridgehead atoms. The van der Waals surface area contributed by atoms with E-state index in [1.54, 1.807) is 30.0 Å². The molecule has 0 atom stereocenters. The third kappa shape index (κ3) is 12.9. The Balaban J connectivity index is 1.13. The molecule has 0 N–H and O–H groups in total. The minimum absolute atomic E-state index is 0.0228. The van der Waals surface area contributed by atoms with Crippen molar-refractivity contribution in [3.05, 3.63) is 140 Å². The third-order valence-corrected chi connectivity index (χ3v) is 9.97. The standard InChI is InChI=1S/C44H49N3O4S/c1-5-6-7-10-29-46(4)41-26-19-37(34(2)32-41)18-17-35-13-15-36(16-14-35)33-43(45-3)44(48)51-30-11-8-9-12-31-52-42-27-22-39(23-28-42)38-20-24-40(25-21-38)47(49)50/h13-28,32-33H,5-12,29-31H2,1-2,4H3. The first kappa shape index (κ1) is 39.7. The molecule has 4 rings (SSSR count). The van der Waals surface area contributed by atoms with E-state index >= 15 is 0 Å². The summed E-state index contributed by atoms with van der Waals surface area (Å²) in [6.45, 7) is 13.3. The highest BCUT2D eigenvalue weighted by atomic mass is 32.2. The fraction of sp³-hybridized carbons (Fsp3) is 0.318. The maximum absolute atomic E-state index is 12.6. The Morgan fingerprint density at radius 2 is 1.50 bits per heavy atom. The van der Waals surface area contributed by atoms with Gasteiger partial charge in [-0.1, -0.05) is 93.6 Å². The summed E-state index contributed by atoms with van der Waals surface area (Å²) in [6, 6.07) is 29.2. The van der Waals surface area contributed by atoms with E-state index in [1.165, 1.54) is 59.5 Å². The number of benzene rings is 4. The number of thioether (sulfide) groups is 1. The number of hydrogen-bond donors (Lipinski definition) is 0. The fourth-order valence-electron chi connectivity index (χ4n) is 5.68. The van der Waals surface area contributed by atoms with Crippen LogP contribution in [0.5, 0.6) is 0 Å². The predicted octanol–water partition coefficient (Wildman–Crippen LogP) is 11.9. The highest BCUT2D eigenvalue weighted by Gasteiger charge is 2.12. The summed E-state index contributed by atoms with van der Waals surface area (Å²) in [5.74, 6) is 0.400. The summed E-state index contributed by atoms with van der Waals surface area (Å²) in [6.07, 6.45) is 14.6. The molecule has 270 valence electrons. The maximum Gasteiger partial charge on any atom is 0.336 e. The fourth-order valence-corrected chi connectivity index (χ4v) is 6.59. The Labute approximate surface area is 313 Å². The number of nitro benzene ring substituents is 1. The SMILES string of the molecule is [C-]#[N+]C(=Cc1ccc(C=Cc2ccc(N(C)CCCCCC)cc2C)cc1)C(=O)OCCCCCCSc1ccc(-c2ccc([N+](=O)[O-])cc2)cc1. The second kappa shape index (κ2) is 21.3. The van der Waals surface area contributed by atoms with Crippen LogP contribution in [-0.4, -0.2) is 36.8 Å². The van der Waals surface area contributed by atoms with E-state index in [0.717, 1.165) is 60.2 Å². The highest BCUT2D eigenvalue weighted by Crippen LogP contribution is 2.27. The van der Waals surface area contributed by atoms with Crippen LogP contribution in [0.3, 0.4) is 0 Å². The van der Waals surface area contributed by atoms with Crippen LogP contribution in [-0.2, 0) is 9.53 Å². The number of ether oxygens (including phenoxy) is 1. The van der Waals surface area contributed by atoms with Gasteiger partial charge >= 0.3 is 5.97 Å². The molecule has 0 radical (unpaired) electrons. The van der Waals surface area contributed by atoms with Crippen molar-refractivity contribution in [2.24, 2.45) is 0 Å². The average Bonchev–Trinajstić information content (AvgIpc) is 3.16. The number of esters is 1. The lowest BCUT2D eigenvalue weighted by molar-refractivity contribution is -0.384. The first-order valence-corrected chi connectivity index (χ1v) is 19.1. The molecule has 8 heteroatoms. The van der Waals surface area contributed by atoms with Crippen LogP contribution < -0.4 is 4.90 Å². The van der Waals surface area contributed by atoms with Crippen molar-refractivity contribution in [3.8, 4) is 11.1 Å². The minimum Gasteiger partial charge on any atom is -0.471 e. The van der Waals surface area contributed by atoms with E-state index < -0.39 is 10.9 Å². The Morgan fingerprint density at radius 3 is 2.15 bits per heavy atom. The van der Waals surface area contributed by atoms with Gasteiger partial charge in [0.25, 0.3) is 11.4 Å². The van der Waals surface area contributed by atoms with E-state index in [0.29, 0.717) is 6.61 Å². The number of unbranched alkanes of at least 4 members (excludes halogenated alkanes) is 6. The molecule has 0 aliphatic heterocycles. The number of carbonyl (C=O) groups is 1. The number of non-ortho nitro benzene ring substituents is 1. The van der Waals surface area contributed by atoms with Crippen LogP contribution in [0.25, 0.3) is 34.2 Å². The zero-order chi connectivity index (χ0) is 37.1. The third-order valence-electron chi connectivity index (χ3n) is 8.87. The molecule has 4 aromatic carbocycles. The maximum atomic E-state index is 12.6. The summed E-state index contributed by atoms with van der Waals surface area (Å²) >= 11 is 1.79. The number of nitrogens with zero attached hydrogens (tertiary/aromatic N) is 3. The lowest BCUT2D eigenvalue weighted by atomic mass is 10.0. The van der Waals surface area contributed by atoms with Gasteiger partial charge in [0, 0.05) is 36.3 Å². The summed E-state index contributed by atoms with van der Waals surface area (Å²) in [5.41, 5.74) is 7.50. The Morgan fingerprint density at radius 1 is 0.846 bits per heavy atom.